The van der Waals surface area contributed by atoms with Crippen LogP contribution in [0.25, 0.3) is 0 Å². The average molecular weight is 294 g/mol. The molecule has 5 heteroatoms. The number of hydrogen-bond donors (Lipinski definition) is 2. The number of hydrogen-bond acceptors (Lipinski definition) is 4. The van der Waals surface area contributed by atoms with Crippen molar-refractivity contribution in [3.05, 3.63) is 10.6 Å². The topological polar surface area (TPSA) is 62.2 Å². The van der Waals surface area contributed by atoms with E-state index in [4.69, 9.17) is 0 Å². The molecule has 1 aromatic rings. The predicted molar refractivity (Wildman–Crippen MR) is 79.9 cm³/mol. The minimum absolute atomic E-state index is 0.0619. The summed E-state index contributed by atoms with van der Waals surface area (Å²) in [6, 6.07) is 0. The third kappa shape index (κ3) is 2.74. The van der Waals surface area contributed by atoms with E-state index in [1.54, 1.807) is 11.3 Å². The number of carbonyl (C=O) groups is 1. The first-order chi connectivity index (χ1) is 9.67. The molecule has 1 aromatic heterocycles. The van der Waals surface area contributed by atoms with E-state index in [0.29, 0.717) is 0 Å². The summed E-state index contributed by atoms with van der Waals surface area (Å²) in [5.41, 5.74) is 1.17. The van der Waals surface area contributed by atoms with Crippen LogP contribution >= 0.6 is 11.3 Å². The Balaban J connectivity index is 1.67. The van der Waals surface area contributed by atoms with Crippen molar-refractivity contribution in [1.82, 2.24) is 4.98 Å². The van der Waals surface area contributed by atoms with Gasteiger partial charge in [-0.05, 0) is 44.4 Å². The van der Waals surface area contributed by atoms with Crippen LogP contribution in [0.3, 0.4) is 0 Å². The fourth-order valence-electron chi connectivity index (χ4n) is 3.29. The Bertz CT molecular complexity index is 500. The minimum Gasteiger partial charge on any atom is -0.392 e. The second-order valence-corrected chi connectivity index (χ2v) is 7.08. The number of aliphatic hydroxyl groups is 1. The van der Waals surface area contributed by atoms with Crippen LogP contribution < -0.4 is 5.32 Å². The van der Waals surface area contributed by atoms with E-state index in [9.17, 15) is 9.90 Å². The summed E-state index contributed by atoms with van der Waals surface area (Å²) in [7, 11) is 0. The first kappa shape index (κ1) is 14.0. The number of nitrogens with one attached hydrogen (secondary N) is 1. The number of carbonyl (C=O) groups excluding carboxylic acids is 1. The number of aliphatic hydroxyl groups excluding tert-OH is 1. The Kier molecular flexibility index (Phi) is 4.08. The van der Waals surface area contributed by atoms with Crippen LogP contribution in [0.4, 0.5) is 5.13 Å². The molecule has 1 amide bonds. The molecule has 0 aromatic carbocycles. The molecule has 2 N–H and O–H groups in total. The maximum atomic E-state index is 12.2. The van der Waals surface area contributed by atoms with Gasteiger partial charge in [0.15, 0.2) is 5.13 Å². The van der Waals surface area contributed by atoms with Gasteiger partial charge in [0, 0.05) is 4.88 Å². The zero-order valence-electron chi connectivity index (χ0n) is 11.9. The number of fused-ring (bicyclic) bond motifs is 1. The molecule has 3 unspecified atom stereocenters. The normalized spacial score (nSPS) is 29.2. The van der Waals surface area contributed by atoms with Crippen LogP contribution in [0.5, 0.6) is 0 Å². The molecule has 2 aliphatic carbocycles. The van der Waals surface area contributed by atoms with Crippen LogP contribution in [-0.4, -0.2) is 22.1 Å². The summed E-state index contributed by atoms with van der Waals surface area (Å²) < 4.78 is 0. The van der Waals surface area contributed by atoms with E-state index in [2.05, 4.69) is 17.2 Å². The molecule has 4 nitrogen and oxygen atoms in total. The van der Waals surface area contributed by atoms with Gasteiger partial charge in [-0.1, -0.05) is 13.3 Å². The average Bonchev–Trinajstić information content (AvgIpc) is 3.03. The Hall–Kier alpha value is -0.940. The first-order valence-electron chi connectivity index (χ1n) is 7.65. The lowest BCUT2D eigenvalue weighted by Crippen LogP contribution is -2.28. The second-order valence-electron chi connectivity index (χ2n) is 6.00. The van der Waals surface area contributed by atoms with Crippen molar-refractivity contribution >= 4 is 22.4 Å². The smallest absolute Gasteiger partial charge is 0.231 e. The van der Waals surface area contributed by atoms with Crippen molar-refractivity contribution in [2.45, 2.75) is 58.0 Å². The highest BCUT2D eigenvalue weighted by Crippen LogP contribution is 2.34. The minimum atomic E-state index is -0.478. The summed E-state index contributed by atoms with van der Waals surface area (Å²) in [5.74, 6) is 0.454. The lowest BCUT2D eigenvalue weighted by atomic mass is 9.89. The SMILES string of the molecule is CCC1CCc2nc(NC(=O)C3CCCC3O)sc2C1. The number of anilines is 1. The Labute approximate surface area is 123 Å². The molecule has 1 saturated carbocycles. The van der Waals surface area contributed by atoms with E-state index in [1.165, 1.54) is 23.4 Å². The lowest BCUT2D eigenvalue weighted by Gasteiger charge is -2.18. The van der Waals surface area contributed by atoms with Crippen molar-refractivity contribution in [2.24, 2.45) is 11.8 Å². The molecule has 0 spiro atoms. The molecule has 1 fully saturated rings. The molecule has 3 rings (SSSR count). The van der Waals surface area contributed by atoms with E-state index in [1.807, 2.05) is 0 Å². The molecular formula is C15H22N2O2S. The first-order valence-corrected chi connectivity index (χ1v) is 8.46. The number of nitrogens with zero attached hydrogens (tertiary/aromatic N) is 1. The summed E-state index contributed by atoms with van der Waals surface area (Å²) in [5, 5.41) is 13.4. The maximum Gasteiger partial charge on any atom is 0.231 e. The van der Waals surface area contributed by atoms with E-state index < -0.39 is 6.10 Å². The van der Waals surface area contributed by atoms with E-state index >= 15 is 0 Å². The fourth-order valence-corrected chi connectivity index (χ4v) is 4.41. The van der Waals surface area contributed by atoms with Gasteiger partial charge < -0.3 is 10.4 Å². The standard InChI is InChI=1S/C15H22N2O2S/c1-2-9-6-7-11-13(8-9)20-15(16-11)17-14(19)10-4-3-5-12(10)18/h9-10,12,18H,2-8H2,1H3,(H,16,17,19). The monoisotopic (exact) mass is 294 g/mol. The highest BCUT2D eigenvalue weighted by molar-refractivity contribution is 7.15. The van der Waals surface area contributed by atoms with Gasteiger partial charge in [-0.15, -0.1) is 11.3 Å². The van der Waals surface area contributed by atoms with E-state index in [-0.39, 0.29) is 11.8 Å². The molecule has 0 aliphatic heterocycles. The number of aromatic nitrogens is 1. The van der Waals surface area contributed by atoms with Crippen molar-refractivity contribution in [1.29, 1.82) is 0 Å². The van der Waals surface area contributed by atoms with Crippen molar-refractivity contribution < 1.29 is 9.90 Å². The highest BCUT2D eigenvalue weighted by atomic mass is 32.1. The quantitative estimate of drug-likeness (QED) is 0.901. The fraction of sp³-hybridized carbons (Fsp3) is 0.733. The van der Waals surface area contributed by atoms with Crippen LogP contribution in [0.1, 0.15) is 49.6 Å². The maximum absolute atomic E-state index is 12.2. The van der Waals surface area contributed by atoms with Crippen molar-refractivity contribution in [2.75, 3.05) is 5.32 Å². The number of rotatable bonds is 3. The van der Waals surface area contributed by atoms with Gasteiger partial charge in [-0.2, -0.15) is 0 Å². The zero-order chi connectivity index (χ0) is 14.1. The van der Waals surface area contributed by atoms with Gasteiger partial charge >= 0.3 is 0 Å². The molecule has 110 valence electrons. The second kappa shape index (κ2) is 5.82. The molecule has 0 saturated heterocycles. The van der Waals surface area contributed by atoms with Crippen LogP contribution in [0.2, 0.25) is 0 Å². The summed E-state index contributed by atoms with van der Waals surface area (Å²) >= 11 is 1.62. The zero-order valence-corrected chi connectivity index (χ0v) is 12.7. The number of aryl methyl sites for hydroxylation is 1. The lowest BCUT2D eigenvalue weighted by molar-refractivity contribution is -0.122. The van der Waals surface area contributed by atoms with Crippen LogP contribution in [0.15, 0.2) is 0 Å². The summed E-state index contributed by atoms with van der Waals surface area (Å²) in [4.78, 5) is 18.1. The Morgan fingerprint density at radius 1 is 1.45 bits per heavy atom. The molecule has 20 heavy (non-hydrogen) atoms. The predicted octanol–water partition coefficient (Wildman–Crippen LogP) is 2.76. The van der Waals surface area contributed by atoms with Crippen LogP contribution in [0, 0.1) is 11.8 Å². The molecule has 0 radical (unpaired) electrons. The summed E-state index contributed by atoms with van der Waals surface area (Å²) in [6.45, 7) is 2.24. The highest BCUT2D eigenvalue weighted by Gasteiger charge is 2.32. The Morgan fingerprint density at radius 2 is 2.30 bits per heavy atom. The van der Waals surface area contributed by atoms with Gasteiger partial charge in [-0.3, -0.25) is 4.79 Å². The Morgan fingerprint density at radius 3 is 3.00 bits per heavy atom. The van der Waals surface area contributed by atoms with Gasteiger partial charge in [0.25, 0.3) is 0 Å². The third-order valence-corrected chi connectivity index (χ3v) is 5.70. The summed E-state index contributed by atoms with van der Waals surface area (Å²) in [6.07, 6.45) is 6.55. The van der Waals surface area contributed by atoms with Crippen molar-refractivity contribution in [3.63, 3.8) is 0 Å². The van der Waals surface area contributed by atoms with E-state index in [0.717, 1.165) is 43.2 Å². The number of thiazole rings is 1. The molecule has 2 aliphatic rings. The van der Waals surface area contributed by atoms with Crippen molar-refractivity contribution in [3.8, 4) is 0 Å². The van der Waals surface area contributed by atoms with Gasteiger partial charge in [0.2, 0.25) is 5.91 Å². The van der Waals surface area contributed by atoms with Gasteiger partial charge in [-0.25, -0.2) is 4.98 Å². The molecule has 1 heterocycles. The third-order valence-electron chi connectivity index (χ3n) is 4.67. The van der Waals surface area contributed by atoms with Gasteiger partial charge in [0.1, 0.15) is 0 Å². The largest absolute Gasteiger partial charge is 0.392 e. The molecule has 3 atom stereocenters. The molecule has 0 bridgehead atoms. The molecular weight excluding hydrogens is 272 g/mol. The van der Waals surface area contributed by atoms with Crippen LogP contribution in [-0.2, 0) is 17.6 Å². The van der Waals surface area contributed by atoms with Gasteiger partial charge in [0.05, 0.1) is 17.7 Å². The number of amides is 1.